The van der Waals surface area contributed by atoms with Gasteiger partial charge in [0.05, 0.1) is 18.4 Å². The van der Waals surface area contributed by atoms with E-state index in [-0.39, 0.29) is 12.1 Å². The van der Waals surface area contributed by atoms with Gasteiger partial charge in [-0.25, -0.2) is 18.6 Å². The van der Waals surface area contributed by atoms with Crippen LogP contribution in [0.15, 0.2) is 59.8 Å². The molecule has 0 saturated heterocycles. The summed E-state index contributed by atoms with van der Waals surface area (Å²) in [4.78, 5) is 16.4. The standard InChI is InChI=1S/C19H11F2N5O2S/c20-15-2-1-3-16(21)14(15)10-25-11-24-26(19(25)27)12-4-6-13(7-5-12)28-18-9-23-17(8-22)29-18/h1-7,9,11H,10H2. The molecular weight excluding hydrogens is 400 g/mol. The summed E-state index contributed by atoms with van der Waals surface area (Å²) in [6.07, 6.45) is 2.67. The molecule has 10 heteroatoms. The van der Waals surface area contributed by atoms with E-state index in [2.05, 4.69) is 10.1 Å². The fourth-order valence-electron chi connectivity index (χ4n) is 2.60. The maximum absolute atomic E-state index is 13.8. The van der Waals surface area contributed by atoms with E-state index in [1.165, 1.54) is 18.6 Å². The zero-order chi connectivity index (χ0) is 20.4. The number of halogens is 2. The molecule has 4 aromatic rings. The number of thiazole rings is 1. The third kappa shape index (κ3) is 3.76. The summed E-state index contributed by atoms with van der Waals surface area (Å²) in [5, 5.41) is 13.5. The quantitative estimate of drug-likeness (QED) is 0.502. The summed E-state index contributed by atoms with van der Waals surface area (Å²) in [7, 11) is 0. The second-order valence-electron chi connectivity index (χ2n) is 5.85. The van der Waals surface area contributed by atoms with Gasteiger partial charge in [-0.05, 0) is 36.4 Å². The maximum Gasteiger partial charge on any atom is 0.350 e. The Kier molecular flexibility index (Phi) is 4.88. The first-order valence-electron chi connectivity index (χ1n) is 8.27. The SMILES string of the molecule is N#Cc1ncc(Oc2ccc(-n3ncn(Cc4c(F)cccc4F)c3=O)cc2)s1. The van der Waals surface area contributed by atoms with Gasteiger partial charge in [0.2, 0.25) is 5.06 Å². The van der Waals surface area contributed by atoms with E-state index in [9.17, 15) is 13.6 Å². The molecule has 7 nitrogen and oxygen atoms in total. The lowest BCUT2D eigenvalue weighted by Gasteiger charge is -2.05. The predicted octanol–water partition coefficient (Wildman–Crippen LogP) is 3.48. The van der Waals surface area contributed by atoms with Crippen LogP contribution in [0.5, 0.6) is 10.8 Å². The fraction of sp³-hybridized carbons (Fsp3) is 0.0526. The second-order valence-corrected chi connectivity index (χ2v) is 6.84. The number of aromatic nitrogens is 4. The van der Waals surface area contributed by atoms with Crippen LogP contribution in [0.2, 0.25) is 0 Å². The van der Waals surface area contributed by atoms with Gasteiger partial charge < -0.3 is 4.74 Å². The number of nitrogens with zero attached hydrogens (tertiary/aromatic N) is 5. The van der Waals surface area contributed by atoms with Crippen LogP contribution in [0.1, 0.15) is 10.6 Å². The molecule has 4 rings (SSSR count). The molecule has 0 N–H and O–H groups in total. The molecule has 0 amide bonds. The lowest BCUT2D eigenvalue weighted by Crippen LogP contribution is -2.24. The van der Waals surface area contributed by atoms with Crippen LogP contribution in [0.4, 0.5) is 8.78 Å². The van der Waals surface area contributed by atoms with Gasteiger partial charge in [-0.2, -0.15) is 15.0 Å². The van der Waals surface area contributed by atoms with Crippen molar-refractivity contribution in [3.05, 3.63) is 87.7 Å². The Labute approximate surface area is 166 Å². The third-order valence-corrected chi connectivity index (χ3v) is 4.78. The summed E-state index contributed by atoms with van der Waals surface area (Å²) in [5.74, 6) is -0.967. The zero-order valence-electron chi connectivity index (χ0n) is 14.6. The Balaban J connectivity index is 1.55. The molecule has 0 fully saturated rings. The molecular formula is C19H11F2N5O2S. The van der Waals surface area contributed by atoms with Gasteiger partial charge in [-0.15, -0.1) is 0 Å². The molecule has 2 aromatic heterocycles. The lowest BCUT2D eigenvalue weighted by atomic mass is 10.2. The summed E-state index contributed by atoms with van der Waals surface area (Å²) >= 11 is 1.11. The normalized spacial score (nSPS) is 10.7. The number of hydrogen-bond acceptors (Lipinski definition) is 6. The lowest BCUT2D eigenvalue weighted by molar-refractivity contribution is 0.495. The minimum Gasteiger partial charge on any atom is -0.445 e. The zero-order valence-corrected chi connectivity index (χ0v) is 15.4. The Hall–Kier alpha value is -3.84. The topological polar surface area (TPSA) is 85.7 Å². The van der Waals surface area contributed by atoms with E-state index in [0.29, 0.717) is 21.5 Å². The Morgan fingerprint density at radius 2 is 1.86 bits per heavy atom. The molecule has 2 heterocycles. The average Bonchev–Trinajstić information content (AvgIpc) is 3.32. The van der Waals surface area contributed by atoms with Crippen molar-refractivity contribution in [2.75, 3.05) is 0 Å². The van der Waals surface area contributed by atoms with Gasteiger partial charge in [0.25, 0.3) is 0 Å². The highest BCUT2D eigenvalue weighted by Crippen LogP contribution is 2.27. The Bertz CT molecular complexity index is 1250. The van der Waals surface area contributed by atoms with Crippen molar-refractivity contribution < 1.29 is 13.5 Å². The van der Waals surface area contributed by atoms with Gasteiger partial charge in [0.1, 0.15) is 29.8 Å². The van der Waals surface area contributed by atoms with E-state index in [1.54, 1.807) is 24.3 Å². The molecule has 0 spiro atoms. The largest absolute Gasteiger partial charge is 0.445 e. The highest BCUT2D eigenvalue weighted by molar-refractivity contribution is 7.13. The van der Waals surface area contributed by atoms with Crippen molar-refractivity contribution in [3.8, 4) is 22.6 Å². The number of benzene rings is 2. The molecule has 0 saturated carbocycles. The van der Waals surface area contributed by atoms with Crippen LogP contribution < -0.4 is 10.4 Å². The number of rotatable bonds is 5. The first kappa shape index (κ1) is 18.5. The van der Waals surface area contributed by atoms with Gasteiger partial charge >= 0.3 is 5.69 Å². The van der Waals surface area contributed by atoms with E-state index >= 15 is 0 Å². The van der Waals surface area contributed by atoms with Crippen molar-refractivity contribution in [2.24, 2.45) is 0 Å². The molecule has 0 aliphatic carbocycles. The van der Waals surface area contributed by atoms with Gasteiger partial charge in [0, 0.05) is 5.56 Å². The van der Waals surface area contributed by atoms with Gasteiger partial charge in [-0.3, -0.25) is 4.57 Å². The summed E-state index contributed by atoms with van der Waals surface area (Å²) in [5.41, 5.74) is -0.293. The Morgan fingerprint density at radius 1 is 1.14 bits per heavy atom. The van der Waals surface area contributed by atoms with E-state index in [1.807, 2.05) is 6.07 Å². The minimum absolute atomic E-state index is 0.209. The smallest absolute Gasteiger partial charge is 0.350 e. The third-order valence-electron chi connectivity index (χ3n) is 4.00. The fourth-order valence-corrected chi connectivity index (χ4v) is 3.19. The van der Waals surface area contributed by atoms with Crippen molar-refractivity contribution in [3.63, 3.8) is 0 Å². The molecule has 0 aliphatic heterocycles. The van der Waals surface area contributed by atoms with E-state index in [4.69, 9.17) is 10.00 Å². The van der Waals surface area contributed by atoms with Crippen LogP contribution in [-0.2, 0) is 6.54 Å². The number of ether oxygens (including phenoxy) is 1. The molecule has 0 aliphatic rings. The molecule has 0 radical (unpaired) electrons. The van der Waals surface area contributed by atoms with Crippen molar-refractivity contribution >= 4 is 11.3 Å². The molecule has 2 aromatic carbocycles. The summed E-state index contributed by atoms with van der Waals surface area (Å²) in [6, 6.07) is 11.9. The van der Waals surface area contributed by atoms with Crippen molar-refractivity contribution in [1.29, 1.82) is 5.26 Å². The van der Waals surface area contributed by atoms with E-state index in [0.717, 1.165) is 32.7 Å². The number of nitriles is 1. The summed E-state index contributed by atoms with van der Waals surface area (Å²) in [6.45, 7) is -0.273. The highest BCUT2D eigenvalue weighted by Gasteiger charge is 2.13. The molecule has 29 heavy (non-hydrogen) atoms. The van der Waals surface area contributed by atoms with Gasteiger partial charge in [0.15, 0.2) is 5.01 Å². The minimum atomic E-state index is -0.728. The Morgan fingerprint density at radius 3 is 2.52 bits per heavy atom. The first-order valence-corrected chi connectivity index (χ1v) is 9.08. The monoisotopic (exact) mass is 411 g/mol. The van der Waals surface area contributed by atoms with E-state index < -0.39 is 17.3 Å². The van der Waals surface area contributed by atoms with Crippen LogP contribution in [0.3, 0.4) is 0 Å². The first-order chi connectivity index (χ1) is 14.0. The molecule has 0 unspecified atom stereocenters. The average molecular weight is 411 g/mol. The second kappa shape index (κ2) is 7.65. The van der Waals surface area contributed by atoms with Crippen LogP contribution in [-0.4, -0.2) is 19.3 Å². The summed E-state index contributed by atoms with van der Waals surface area (Å²) < 4.78 is 35.5. The predicted molar refractivity (Wildman–Crippen MR) is 100 cm³/mol. The van der Waals surface area contributed by atoms with Crippen LogP contribution >= 0.6 is 11.3 Å². The van der Waals surface area contributed by atoms with Crippen molar-refractivity contribution in [2.45, 2.75) is 6.54 Å². The van der Waals surface area contributed by atoms with Crippen molar-refractivity contribution in [1.82, 2.24) is 19.3 Å². The van der Waals surface area contributed by atoms with Gasteiger partial charge in [-0.1, -0.05) is 17.4 Å². The number of hydrogen-bond donors (Lipinski definition) is 0. The van der Waals surface area contributed by atoms with Crippen LogP contribution in [0, 0.1) is 23.0 Å². The maximum atomic E-state index is 13.8. The molecule has 0 atom stereocenters. The highest BCUT2D eigenvalue weighted by atomic mass is 32.1. The molecule has 0 bridgehead atoms. The van der Waals surface area contributed by atoms with Crippen LogP contribution in [0.25, 0.3) is 5.69 Å². The molecule has 144 valence electrons.